The summed E-state index contributed by atoms with van der Waals surface area (Å²) in [6.07, 6.45) is 2.36. The zero-order valence-electron chi connectivity index (χ0n) is 16.2. The summed E-state index contributed by atoms with van der Waals surface area (Å²) in [6.45, 7) is 6.68. The third kappa shape index (κ3) is 4.71. The molecule has 27 heavy (non-hydrogen) atoms. The molecule has 0 spiro atoms. The number of likely N-dealkylation sites (N-methyl/N-ethyl adjacent to an activating group) is 1. The molecule has 1 heterocycles. The molecule has 148 valence electrons. The Bertz CT molecular complexity index is 712. The fourth-order valence-electron chi connectivity index (χ4n) is 3.79. The number of carboxylic acid groups (broad SMARTS) is 1. The normalized spacial score (nSPS) is 22.5. The molecule has 0 bridgehead atoms. The van der Waals surface area contributed by atoms with Crippen molar-refractivity contribution in [2.24, 2.45) is 0 Å². The second-order valence-corrected chi connectivity index (χ2v) is 7.92. The van der Waals surface area contributed by atoms with Gasteiger partial charge in [0.2, 0.25) is 0 Å². The molecular formula is C20H28N2O5. The van der Waals surface area contributed by atoms with Crippen LogP contribution in [0.1, 0.15) is 39.2 Å². The highest BCUT2D eigenvalue weighted by atomic mass is 16.5. The molecule has 1 aliphatic heterocycles. The predicted molar refractivity (Wildman–Crippen MR) is 100 cm³/mol. The van der Waals surface area contributed by atoms with Gasteiger partial charge in [0.05, 0.1) is 6.54 Å². The van der Waals surface area contributed by atoms with E-state index in [2.05, 4.69) is 5.32 Å². The highest BCUT2D eigenvalue weighted by molar-refractivity contribution is 5.78. The Morgan fingerprint density at radius 2 is 2.11 bits per heavy atom. The van der Waals surface area contributed by atoms with Gasteiger partial charge < -0.3 is 19.9 Å². The Labute approximate surface area is 159 Å². The predicted octanol–water partition coefficient (Wildman–Crippen LogP) is 1.83. The summed E-state index contributed by atoms with van der Waals surface area (Å²) < 4.78 is 11.6. The van der Waals surface area contributed by atoms with Gasteiger partial charge in [0, 0.05) is 24.1 Å². The van der Waals surface area contributed by atoms with E-state index in [0.29, 0.717) is 12.3 Å². The van der Waals surface area contributed by atoms with Crippen molar-refractivity contribution < 1.29 is 24.2 Å². The maximum Gasteiger partial charge on any atom is 0.317 e. The molecule has 1 aromatic rings. The van der Waals surface area contributed by atoms with Crippen LogP contribution in [0.2, 0.25) is 0 Å². The number of nitrogens with one attached hydrogen (secondary N) is 1. The lowest BCUT2D eigenvalue weighted by molar-refractivity contribution is -0.139. The second kappa shape index (κ2) is 7.76. The average molecular weight is 376 g/mol. The molecule has 7 heteroatoms. The fourth-order valence-corrected chi connectivity index (χ4v) is 3.79. The molecule has 7 nitrogen and oxygen atoms in total. The van der Waals surface area contributed by atoms with Crippen molar-refractivity contribution in [1.29, 1.82) is 0 Å². The van der Waals surface area contributed by atoms with Gasteiger partial charge in [-0.3, -0.25) is 14.5 Å². The number of carboxylic acids is 1. The van der Waals surface area contributed by atoms with Crippen molar-refractivity contribution in [2.75, 3.05) is 19.7 Å². The minimum atomic E-state index is -0.821. The van der Waals surface area contributed by atoms with Crippen molar-refractivity contribution in [3.63, 3.8) is 0 Å². The van der Waals surface area contributed by atoms with Gasteiger partial charge in [-0.05, 0) is 39.3 Å². The van der Waals surface area contributed by atoms with Crippen LogP contribution < -0.4 is 14.8 Å². The van der Waals surface area contributed by atoms with Crippen LogP contribution in [0.25, 0.3) is 0 Å². The molecule has 2 N–H and O–H groups in total. The summed E-state index contributed by atoms with van der Waals surface area (Å²) in [7, 11) is 0. The van der Waals surface area contributed by atoms with Gasteiger partial charge in [-0.25, -0.2) is 0 Å². The number of hydrogen-bond donors (Lipinski definition) is 2. The topological polar surface area (TPSA) is 88.1 Å². The molecule has 2 aliphatic rings. The van der Waals surface area contributed by atoms with Gasteiger partial charge in [0.1, 0.15) is 5.60 Å². The number of carbonyl (C=O) groups is 2. The Morgan fingerprint density at radius 1 is 1.37 bits per heavy atom. The molecule has 1 aromatic carbocycles. The monoisotopic (exact) mass is 376 g/mol. The number of amides is 1. The molecule has 1 fully saturated rings. The van der Waals surface area contributed by atoms with Gasteiger partial charge in [-0.2, -0.15) is 0 Å². The molecular weight excluding hydrogens is 348 g/mol. The van der Waals surface area contributed by atoms with Gasteiger partial charge in [0.25, 0.3) is 5.91 Å². The number of benzene rings is 1. The van der Waals surface area contributed by atoms with E-state index in [4.69, 9.17) is 14.6 Å². The van der Waals surface area contributed by atoms with E-state index >= 15 is 0 Å². The summed E-state index contributed by atoms with van der Waals surface area (Å²) in [5.41, 5.74) is 0.837. The average Bonchev–Trinajstić information content (AvgIpc) is 2.88. The summed E-state index contributed by atoms with van der Waals surface area (Å²) in [5, 5.41) is 11.9. The molecule has 0 unspecified atom stereocenters. The lowest BCUT2D eigenvalue weighted by atomic mass is 9.85. The van der Waals surface area contributed by atoms with Crippen LogP contribution in [0.15, 0.2) is 18.2 Å². The largest absolute Gasteiger partial charge is 0.483 e. The van der Waals surface area contributed by atoms with E-state index in [0.717, 1.165) is 30.6 Å². The lowest BCUT2D eigenvalue weighted by Gasteiger charge is -2.42. The Morgan fingerprint density at radius 3 is 2.78 bits per heavy atom. The van der Waals surface area contributed by atoms with Crippen LogP contribution >= 0.6 is 0 Å². The lowest BCUT2D eigenvalue weighted by Crippen LogP contribution is -2.55. The smallest absolute Gasteiger partial charge is 0.317 e. The minimum Gasteiger partial charge on any atom is -0.483 e. The highest BCUT2D eigenvalue weighted by Gasteiger charge is 2.35. The van der Waals surface area contributed by atoms with Crippen LogP contribution in [0, 0.1) is 0 Å². The zero-order valence-corrected chi connectivity index (χ0v) is 16.2. The number of aliphatic carboxylic acids is 1. The first kappa shape index (κ1) is 19.5. The van der Waals surface area contributed by atoms with Gasteiger partial charge in [-0.1, -0.05) is 19.1 Å². The van der Waals surface area contributed by atoms with E-state index in [1.807, 2.05) is 43.9 Å². The standard InChI is InChI=1S/C20H28N2O5/c1-4-22(11-18(24)25)15-8-14(9-15)21-17(23)12-26-16-7-5-6-13-10-20(2,3)27-19(13)16/h5-7,14-15H,4,8-12H2,1-3H3,(H,21,23)(H,24,25). The van der Waals surface area contributed by atoms with Crippen LogP contribution in [0.4, 0.5) is 0 Å². The van der Waals surface area contributed by atoms with Crippen LogP contribution in [-0.2, 0) is 16.0 Å². The molecule has 3 rings (SSSR count). The first-order valence-electron chi connectivity index (χ1n) is 9.46. The molecule has 0 radical (unpaired) electrons. The number of hydrogen-bond acceptors (Lipinski definition) is 5. The van der Waals surface area contributed by atoms with Crippen molar-refractivity contribution in [3.05, 3.63) is 23.8 Å². The number of fused-ring (bicyclic) bond motifs is 1. The summed E-state index contributed by atoms with van der Waals surface area (Å²) in [5.74, 6) is 0.331. The van der Waals surface area contributed by atoms with Gasteiger partial charge in [-0.15, -0.1) is 0 Å². The van der Waals surface area contributed by atoms with Crippen molar-refractivity contribution >= 4 is 11.9 Å². The van der Waals surface area contributed by atoms with E-state index < -0.39 is 5.97 Å². The summed E-state index contributed by atoms with van der Waals surface area (Å²) in [6, 6.07) is 6.03. The maximum atomic E-state index is 12.2. The molecule has 0 atom stereocenters. The molecule has 0 aromatic heterocycles. The Hall–Kier alpha value is -2.28. The number of rotatable bonds is 8. The number of para-hydroxylation sites is 1. The maximum absolute atomic E-state index is 12.2. The Balaban J connectivity index is 1.45. The van der Waals surface area contributed by atoms with Crippen LogP contribution in [0.3, 0.4) is 0 Å². The fraction of sp³-hybridized carbons (Fsp3) is 0.600. The zero-order chi connectivity index (χ0) is 19.6. The Kier molecular flexibility index (Phi) is 5.60. The van der Waals surface area contributed by atoms with Crippen molar-refractivity contribution in [1.82, 2.24) is 10.2 Å². The van der Waals surface area contributed by atoms with E-state index in [-0.39, 0.29) is 36.7 Å². The highest BCUT2D eigenvalue weighted by Crippen LogP contribution is 2.41. The first-order chi connectivity index (χ1) is 12.8. The SMILES string of the molecule is CCN(CC(=O)O)C1CC(NC(=O)COc2cccc3c2OC(C)(C)C3)C1. The van der Waals surface area contributed by atoms with E-state index in [1.165, 1.54) is 0 Å². The van der Waals surface area contributed by atoms with E-state index in [1.54, 1.807) is 0 Å². The first-order valence-corrected chi connectivity index (χ1v) is 9.46. The quantitative estimate of drug-likeness (QED) is 0.720. The number of carbonyl (C=O) groups excluding carboxylic acids is 1. The molecule has 1 amide bonds. The van der Waals surface area contributed by atoms with Crippen LogP contribution in [-0.4, -0.2) is 59.3 Å². The van der Waals surface area contributed by atoms with E-state index in [9.17, 15) is 9.59 Å². The van der Waals surface area contributed by atoms with Crippen molar-refractivity contribution in [3.8, 4) is 11.5 Å². The molecule has 1 aliphatic carbocycles. The van der Waals surface area contributed by atoms with Crippen LogP contribution in [0.5, 0.6) is 11.5 Å². The third-order valence-corrected chi connectivity index (χ3v) is 5.15. The van der Waals surface area contributed by atoms with Gasteiger partial charge >= 0.3 is 5.97 Å². The number of ether oxygens (including phenoxy) is 2. The third-order valence-electron chi connectivity index (χ3n) is 5.15. The number of nitrogens with zero attached hydrogens (tertiary/aromatic N) is 1. The summed E-state index contributed by atoms with van der Waals surface area (Å²) >= 11 is 0. The van der Waals surface area contributed by atoms with Gasteiger partial charge in [0.15, 0.2) is 18.1 Å². The molecule has 1 saturated carbocycles. The minimum absolute atomic E-state index is 0.0421. The summed E-state index contributed by atoms with van der Waals surface area (Å²) in [4.78, 5) is 25.0. The molecule has 0 saturated heterocycles. The van der Waals surface area contributed by atoms with Crippen molar-refractivity contribution in [2.45, 2.75) is 57.7 Å². The second-order valence-electron chi connectivity index (χ2n) is 7.92.